The summed E-state index contributed by atoms with van der Waals surface area (Å²) in [6.45, 7) is 2.05. The fourth-order valence-corrected chi connectivity index (χ4v) is 3.85. The van der Waals surface area contributed by atoms with Gasteiger partial charge in [-0.2, -0.15) is 4.31 Å². The normalized spacial score (nSPS) is 12.0. The maximum absolute atomic E-state index is 13.0. The van der Waals surface area contributed by atoms with Gasteiger partial charge in [-0.1, -0.05) is 30.3 Å². The number of aromatic hydroxyl groups is 1. The Morgan fingerprint density at radius 1 is 1.04 bits per heavy atom. The summed E-state index contributed by atoms with van der Waals surface area (Å²) in [7, 11) is -2.14. The molecule has 0 fully saturated rings. The number of aryl methyl sites for hydroxylation is 1. The van der Waals surface area contributed by atoms with E-state index in [4.69, 9.17) is 0 Å². The lowest BCUT2D eigenvalue weighted by Crippen LogP contribution is -2.26. The zero-order valence-corrected chi connectivity index (χ0v) is 14.3. The van der Waals surface area contributed by atoms with Gasteiger partial charge in [0.05, 0.1) is 5.52 Å². The Morgan fingerprint density at radius 3 is 2.46 bits per heavy atom. The predicted octanol–water partition coefficient (Wildman–Crippen LogP) is 3.07. The van der Waals surface area contributed by atoms with Gasteiger partial charge in [0.2, 0.25) is 10.0 Å². The average molecular weight is 342 g/mol. The molecule has 0 bridgehead atoms. The topological polar surface area (TPSA) is 70.5 Å². The van der Waals surface area contributed by atoms with Crippen LogP contribution in [0.1, 0.15) is 11.3 Å². The summed E-state index contributed by atoms with van der Waals surface area (Å²) in [5, 5.41) is 10.1. The quantitative estimate of drug-likeness (QED) is 0.791. The van der Waals surface area contributed by atoms with Crippen LogP contribution in [0.2, 0.25) is 0 Å². The standard InChI is InChI=1S/C18H18N2O3S/c1-13-6-9-15-4-3-5-17(18(15)19-13)24(22,23)20(2)12-14-7-10-16(21)11-8-14/h3-11,21H,12H2,1-2H3. The zero-order chi connectivity index (χ0) is 17.3. The van der Waals surface area contributed by atoms with Crippen molar-refractivity contribution in [3.63, 3.8) is 0 Å². The summed E-state index contributed by atoms with van der Waals surface area (Å²) in [5.41, 5.74) is 2.05. The van der Waals surface area contributed by atoms with Gasteiger partial charge in [0, 0.05) is 24.7 Å². The Bertz CT molecular complexity index is 983. The molecule has 24 heavy (non-hydrogen) atoms. The lowest BCUT2D eigenvalue weighted by molar-refractivity contribution is 0.464. The number of sulfonamides is 1. The van der Waals surface area contributed by atoms with E-state index in [1.54, 1.807) is 36.4 Å². The highest BCUT2D eigenvalue weighted by Gasteiger charge is 2.24. The molecule has 1 N–H and O–H groups in total. The zero-order valence-electron chi connectivity index (χ0n) is 13.5. The molecule has 0 atom stereocenters. The minimum Gasteiger partial charge on any atom is -0.508 e. The summed E-state index contributed by atoms with van der Waals surface area (Å²) < 4.78 is 27.2. The molecule has 0 saturated carbocycles. The third-order valence-electron chi connectivity index (χ3n) is 3.85. The molecule has 5 nitrogen and oxygen atoms in total. The second-order valence-electron chi connectivity index (χ2n) is 5.71. The Morgan fingerprint density at radius 2 is 1.75 bits per heavy atom. The first-order valence-corrected chi connectivity index (χ1v) is 8.92. The molecule has 3 rings (SSSR count). The molecule has 0 saturated heterocycles. The third-order valence-corrected chi connectivity index (χ3v) is 5.69. The molecule has 0 aliphatic carbocycles. The average Bonchev–Trinajstić information content (AvgIpc) is 2.56. The van der Waals surface area contributed by atoms with E-state index in [1.165, 1.54) is 11.4 Å². The van der Waals surface area contributed by atoms with Gasteiger partial charge in [-0.3, -0.25) is 4.98 Å². The van der Waals surface area contributed by atoms with Gasteiger partial charge in [-0.05, 0) is 36.8 Å². The van der Waals surface area contributed by atoms with Crippen molar-refractivity contribution in [1.82, 2.24) is 9.29 Å². The van der Waals surface area contributed by atoms with Crippen LogP contribution in [-0.2, 0) is 16.6 Å². The van der Waals surface area contributed by atoms with Crippen molar-refractivity contribution in [3.05, 3.63) is 65.9 Å². The fourth-order valence-electron chi connectivity index (χ4n) is 2.54. The van der Waals surface area contributed by atoms with Crippen molar-refractivity contribution in [2.45, 2.75) is 18.4 Å². The van der Waals surface area contributed by atoms with Crippen molar-refractivity contribution in [1.29, 1.82) is 0 Å². The van der Waals surface area contributed by atoms with Crippen molar-refractivity contribution in [3.8, 4) is 5.75 Å². The Balaban J connectivity index is 2.01. The summed E-state index contributed by atoms with van der Waals surface area (Å²) in [6, 6.07) is 15.4. The molecule has 6 heteroatoms. The van der Waals surface area contributed by atoms with Gasteiger partial charge in [0.15, 0.2) is 0 Å². The largest absolute Gasteiger partial charge is 0.508 e. The molecule has 3 aromatic rings. The first-order chi connectivity index (χ1) is 11.4. The maximum atomic E-state index is 13.0. The van der Waals surface area contributed by atoms with E-state index >= 15 is 0 Å². The second kappa shape index (κ2) is 6.22. The highest BCUT2D eigenvalue weighted by Crippen LogP contribution is 2.25. The van der Waals surface area contributed by atoms with Crippen LogP contribution in [0.4, 0.5) is 0 Å². The van der Waals surface area contributed by atoms with E-state index in [0.717, 1.165) is 16.6 Å². The van der Waals surface area contributed by atoms with E-state index in [9.17, 15) is 13.5 Å². The molecule has 0 aliphatic heterocycles. The number of phenolic OH excluding ortho intramolecular Hbond substituents is 1. The lowest BCUT2D eigenvalue weighted by atomic mass is 10.2. The number of pyridine rings is 1. The molecule has 0 spiro atoms. The second-order valence-corrected chi connectivity index (χ2v) is 7.72. The smallest absolute Gasteiger partial charge is 0.245 e. The molecule has 0 unspecified atom stereocenters. The molecular formula is C18H18N2O3S. The predicted molar refractivity (Wildman–Crippen MR) is 93.2 cm³/mol. The molecule has 0 radical (unpaired) electrons. The summed E-state index contributed by atoms with van der Waals surface area (Å²) in [5.74, 6) is 0.151. The SMILES string of the molecule is Cc1ccc2cccc(S(=O)(=O)N(C)Cc3ccc(O)cc3)c2n1. The van der Waals surface area contributed by atoms with Gasteiger partial charge in [0.1, 0.15) is 10.6 Å². The number of fused-ring (bicyclic) bond motifs is 1. The van der Waals surface area contributed by atoms with Crippen LogP contribution in [0.15, 0.2) is 59.5 Å². The third kappa shape index (κ3) is 3.11. The molecular weight excluding hydrogens is 324 g/mol. The van der Waals surface area contributed by atoms with Crippen LogP contribution in [0.3, 0.4) is 0 Å². The number of benzene rings is 2. The molecule has 124 valence electrons. The fraction of sp³-hybridized carbons (Fsp3) is 0.167. The maximum Gasteiger partial charge on any atom is 0.245 e. The van der Waals surface area contributed by atoms with E-state index in [1.807, 2.05) is 25.1 Å². The van der Waals surface area contributed by atoms with E-state index in [2.05, 4.69) is 4.98 Å². The van der Waals surface area contributed by atoms with E-state index in [-0.39, 0.29) is 17.2 Å². The number of para-hydroxylation sites is 1. The van der Waals surface area contributed by atoms with Crippen LogP contribution in [0, 0.1) is 6.92 Å². The van der Waals surface area contributed by atoms with Gasteiger partial charge < -0.3 is 5.11 Å². The van der Waals surface area contributed by atoms with Crippen molar-refractivity contribution >= 4 is 20.9 Å². The Labute approximate surface area is 141 Å². The molecule has 0 aliphatic rings. The molecule has 1 heterocycles. The monoisotopic (exact) mass is 342 g/mol. The summed E-state index contributed by atoms with van der Waals surface area (Å²) in [4.78, 5) is 4.60. The number of aromatic nitrogens is 1. The van der Waals surface area contributed by atoms with Gasteiger partial charge in [-0.15, -0.1) is 0 Å². The first-order valence-electron chi connectivity index (χ1n) is 7.48. The number of hydrogen-bond acceptors (Lipinski definition) is 4. The summed E-state index contributed by atoms with van der Waals surface area (Å²) >= 11 is 0. The number of hydrogen-bond donors (Lipinski definition) is 1. The highest BCUT2D eigenvalue weighted by atomic mass is 32.2. The number of phenols is 1. The van der Waals surface area contributed by atoms with Crippen LogP contribution in [0.5, 0.6) is 5.75 Å². The van der Waals surface area contributed by atoms with Gasteiger partial charge >= 0.3 is 0 Å². The van der Waals surface area contributed by atoms with Crippen molar-refractivity contribution in [2.75, 3.05) is 7.05 Å². The van der Waals surface area contributed by atoms with Crippen LogP contribution >= 0.6 is 0 Å². The minimum atomic E-state index is -3.68. The minimum absolute atomic E-state index is 0.151. The number of rotatable bonds is 4. The van der Waals surface area contributed by atoms with E-state index in [0.29, 0.717) is 5.52 Å². The molecule has 1 aromatic heterocycles. The van der Waals surface area contributed by atoms with Crippen LogP contribution in [-0.4, -0.2) is 29.9 Å². The van der Waals surface area contributed by atoms with Gasteiger partial charge in [-0.25, -0.2) is 8.42 Å². The molecule has 0 amide bonds. The summed E-state index contributed by atoms with van der Waals surface area (Å²) in [6.07, 6.45) is 0. The van der Waals surface area contributed by atoms with E-state index < -0.39 is 10.0 Å². The van der Waals surface area contributed by atoms with Crippen molar-refractivity contribution < 1.29 is 13.5 Å². The molecule has 2 aromatic carbocycles. The lowest BCUT2D eigenvalue weighted by Gasteiger charge is -2.18. The van der Waals surface area contributed by atoms with Crippen molar-refractivity contribution in [2.24, 2.45) is 0 Å². The van der Waals surface area contributed by atoms with Gasteiger partial charge in [0.25, 0.3) is 0 Å². The van der Waals surface area contributed by atoms with Crippen LogP contribution in [0.25, 0.3) is 10.9 Å². The Hall–Kier alpha value is -2.44. The number of nitrogens with zero attached hydrogens (tertiary/aromatic N) is 2. The highest BCUT2D eigenvalue weighted by molar-refractivity contribution is 7.89. The Kier molecular flexibility index (Phi) is 4.26. The van der Waals surface area contributed by atoms with Crippen LogP contribution < -0.4 is 0 Å². The first kappa shape index (κ1) is 16.4.